The molecule has 34 heteroatoms. The summed E-state index contributed by atoms with van der Waals surface area (Å²) in [6, 6.07) is 25.6. The fraction of sp³-hybridized carbons (Fsp3) is 0.380. The average molecular weight is 1840 g/mol. The Kier molecular flexibility index (Phi) is 30.0. The van der Waals surface area contributed by atoms with Crippen molar-refractivity contribution in [3.63, 3.8) is 0 Å². The maximum absolute atomic E-state index is 13.5. The van der Waals surface area contributed by atoms with E-state index in [2.05, 4.69) is 136 Å². The number of rotatable bonds is 17. The number of H-pyrrole nitrogens is 1. The number of benzene rings is 3. The zero-order chi connectivity index (χ0) is 82.6. The minimum absolute atomic E-state index is 0.0294. The molecule has 6 aromatic heterocycles. The van der Waals surface area contributed by atoms with E-state index < -0.39 is 34.4 Å². The molecule has 113 heavy (non-hydrogen) atoms. The van der Waals surface area contributed by atoms with Gasteiger partial charge < -0.3 is 56.7 Å². The van der Waals surface area contributed by atoms with Crippen molar-refractivity contribution in [1.29, 1.82) is 0 Å². The highest BCUT2D eigenvalue weighted by Gasteiger charge is 2.40. The lowest BCUT2D eigenvalue weighted by molar-refractivity contribution is -0.155. The number of pyridine rings is 6. The zero-order valence-electron chi connectivity index (χ0n) is 63.6. The van der Waals surface area contributed by atoms with Crippen LogP contribution in [0, 0.1) is 16.2 Å². The van der Waals surface area contributed by atoms with E-state index in [1.54, 1.807) is 82.7 Å². The summed E-state index contributed by atoms with van der Waals surface area (Å²) in [5.41, 5.74) is 8.52. The Morgan fingerprint density at radius 1 is 0.531 bits per heavy atom. The standard InChI is InChI=1S/C25H27ClN6O3.C23H21BrCl2N4O3.C16H10BrCl2N3O2.C8H17NO2.C7H12BrNO/c1-25(2)13-31(14-25)20(33)12-32-22-17(21-19(11-29-22)27-7-8-28-21)9-18(24(32)35)23(34)30-10-15-3-5-16(26)6-4-15;1-23(2)11-29(12-23)18(31)10-30-20-15(19(26)17(24)9-27-20)7-16(22(30)33)21(32)28-8-13-3-5-14(25)6-4-13;17-12-7-20-14-10(13(12)19)5-11(16(24)22-14)15(23)21-6-8-1-3-9(18)4-2-8;1-8(2,3)11-7(10)5-4-6-9;1-7(2)4-9(5-7)6(10)3-8/h3-6,9,11,27-28H,7-8,10,12-14H2,1-2H3,(H,30,34);3-7,9H,8,10-12H2,1-2H3,(H,28,32);1-5,7H,6H2,(H,21,23)(H,20,22,24);4-6,9H2,1-3H3;3-5H2,1-2H3. The smallest absolute Gasteiger partial charge is 0.306 e. The quantitative estimate of drug-likeness (QED) is 0.0329. The number of halogens is 8. The van der Waals surface area contributed by atoms with Gasteiger partial charge in [-0.05, 0) is 153 Å². The topological polar surface area (TPSA) is 340 Å². The molecular weight excluding hydrogens is 1750 g/mol. The highest BCUT2D eigenvalue weighted by molar-refractivity contribution is 9.11. The van der Waals surface area contributed by atoms with Gasteiger partial charge in [-0.1, -0.05) is 152 Å². The Morgan fingerprint density at radius 3 is 1.34 bits per heavy atom. The average Bonchev–Trinajstić information content (AvgIpc) is 0.757. The molecule has 0 atom stereocenters. The zero-order valence-corrected chi connectivity index (χ0v) is 72.1. The fourth-order valence-corrected chi connectivity index (χ4v) is 14.2. The van der Waals surface area contributed by atoms with E-state index >= 15 is 0 Å². The number of alkyl halides is 1. The van der Waals surface area contributed by atoms with Gasteiger partial charge in [0, 0.05) is 122 Å². The molecule has 26 nitrogen and oxygen atoms in total. The first-order chi connectivity index (χ1) is 53.2. The molecule has 4 aliphatic rings. The SMILES string of the molecule is CC(C)(C)OC(=O)CCCN.CC1(C)CN(C(=O)CBr)C1.CC1(C)CN(C(=O)Cn2c(=O)c(C(=O)NCc3ccc(Cl)cc3)cc3c(Cl)c(Br)cnc32)C1.CC1(C)CN(C(=O)Cn2c(=O)c(C(=O)NCc3ccc(Cl)cc3)cc3c4c(cnc32)NCCN4)C1.O=C(NCc1ccc(Cl)cc1)c1cc2c(Cl)c(Br)cnc2[nH]c1=O. The number of carbonyl (C=O) groups is 7. The molecule has 3 saturated heterocycles. The van der Waals surface area contributed by atoms with E-state index in [9.17, 15) is 47.9 Å². The highest BCUT2D eigenvalue weighted by atomic mass is 79.9. The van der Waals surface area contributed by atoms with Crippen molar-refractivity contribution in [3.8, 4) is 0 Å². The minimum Gasteiger partial charge on any atom is -0.460 e. The number of hydrogen-bond donors (Lipinski definition) is 7. The number of amides is 6. The van der Waals surface area contributed by atoms with Crippen molar-refractivity contribution in [3.05, 3.63) is 208 Å². The molecule has 8 N–H and O–H groups in total. The van der Waals surface area contributed by atoms with Crippen molar-refractivity contribution in [2.45, 2.75) is 113 Å². The van der Waals surface area contributed by atoms with Crippen LogP contribution in [0.4, 0.5) is 11.4 Å². The number of nitrogens with two attached hydrogens (primary N) is 1. The van der Waals surface area contributed by atoms with E-state index in [4.69, 9.17) is 68.5 Å². The molecule has 0 unspecified atom stereocenters. The molecule has 0 saturated carbocycles. The third-order valence-corrected chi connectivity index (χ3v) is 21.7. The Bertz CT molecular complexity index is 5250. The number of esters is 1. The van der Waals surface area contributed by atoms with E-state index in [0.29, 0.717) is 124 Å². The highest BCUT2D eigenvalue weighted by Crippen LogP contribution is 2.36. The predicted octanol–water partition coefficient (Wildman–Crippen LogP) is 13.2. The molecule has 10 heterocycles. The Labute approximate surface area is 702 Å². The number of hydrogen-bond acceptors (Lipinski definition) is 17. The van der Waals surface area contributed by atoms with Gasteiger partial charge in [0.25, 0.3) is 34.4 Å². The van der Waals surface area contributed by atoms with E-state index in [0.717, 1.165) is 47.7 Å². The number of nitrogens with zero attached hydrogens (tertiary/aromatic N) is 8. The lowest BCUT2D eigenvalue weighted by atomic mass is 9.84. The number of aromatic amines is 1. The second-order valence-corrected chi connectivity index (χ2v) is 35.0. The molecule has 0 aliphatic carbocycles. The van der Waals surface area contributed by atoms with Crippen molar-refractivity contribution in [1.82, 2.24) is 59.7 Å². The lowest BCUT2D eigenvalue weighted by Gasteiger charge is -2.45. The summed E-state index contributed by atoms with van der Waals surface area (Å²) in [7, 11) is 0. The Balaban J connectivity index is 0.000000174. The second kappa shape index (κ2) is 38.3. The summed E-state index contributed by atoms with van der Waals surface area (Å²) in [6.07, 6.45) is 5.74. The molecular formula is C79H87Br3Cl5N15O11. The monoisotopic (exact) mass is 1830 g/mol. The molecule has 0 spiro atoms. The van der Waals surface area contributed by atoms with Crippen LogP contribution in [0.2, 0.25) is 25.1 Å². The van der Waals surface area contributed by atoms with Crippen molar-refractivity contribution >= 4 is 192 Å². The number of fused-ring (bicyclic) bond motifs is 5. The second-order valence-electron chi connectivity index (χ2n) is 30.7. The van der Waals surface area contributed by atoms with Gasteiger partial charge in [-0.25, -0.2) is 15.0 Å². The molecule has 3 aromatic carbocycles. The number of carbonyl (C=O) groups excluding carboxylic acids is 7. The van der Waals surface area contributed by atoms with Crippen LogP contribution < -0.4 is 49.0 Å². The maximum Gasteiger partial charge on any atom is 0.306 e. The summed E-state index contributed by atoms with van der Waals surface area (Å²) in [5.74, 6) is -1.92. The first-order valence-corrected chi connectivity index (χ1v) is 40.5. The third-order valence-electron chi connectivity index (χ3n) is 17.9. The normalized spacial score (nSPS) is 14.6. The van der Waals surface area contributed by atoms with Crippen LogP contribution in [0.1, 0.15) is 123 Å². The van der Waals surface area contributed by atoms with Gasteiger partial charge in [0.15, 0.2) is 0 Å². The Hall–Kier alpha value is -8.52. The van der Waals surface area contributed by atoms with Crippen molar-refractivity contribution in [2.24, 2.45) is 22.0 Å². The first-order valence-electron chi connectivity index (χ1n) is 35.9. The summed E-state index contributed by atoms with van der Waals surface area (Å²) in [5, 5.41) is 19.3. The fourth-order valence-electron chi connectivity index (χ4n) is 12.5. The molecule has 6 amide bonds. The molecule has 600 valence electrons. The first kappa shape index (κ1) is 88.4. The molecule has 4 aliphatic heterocycles. The van der Waals surface area contributed by atoms with Crippen LogP contribution >= 0.6 is 106 Å². The van der Waals surface area contributed by atoms with Crippen LogP contribution in [0.5, 0.6) is 0 Å². The number of likely N-dealkylation sites (tertiary alicyclic amines) is 3. The van der Waals surface area contributed by atoms with Crippen LogP contribution in [0.3, 0.4) is 0 Å². The summed E-state index contributed by atoms with van der Waals surface area (Å²) < 4.78 is 8.68. The number of aromatic nitrogens is 6. The molecule has 3 fully saturated rings. The predicted molar refractivity (Wildman–Crippen MR) is 454 cm³/mol. The van der Waals surface area contributed by atoms with Crippen LogP contribution in [-0.2, 0) is 56.6 Å². The van der Waals surface area contributed by atoms with Crippen LogP contribution in [-0.4, -0.2) is 155 Å². The van der Waals surface area contributed by atoms with Gasteiger partial charge in [0.2, 0.25) is 17.7 Å². The van der Waals surface area contributed by atoms with Crippen molar-refractivity contribution in [2.75, 3.05) is 74.9 Å². The molecule has 9 aromatic rings. The largest absolute Gasteiger partial charge is 0.460 e. The van der Waals surface area contributed by atoms with E-state index in [1.807, 2.05) is 37.8 Å². The summed E-state index contributed by atoms with van der Waals surface area (Å²) in [6.45, 7) is 24.8. The molecule has 0 radical (unpaired) electrons. The van der Waals surface area contributed by atoms with Crippen LogP contribution in [0.15, 0.2) is 133 Å². The van der Waals surface area contributed by atoms with Gasteiger partial charge in [-0.3, -0.25) is 57.1 Å². The van der Waals surface area contributed by atoms with E-state index in [-0.39, 0.29) is 95.2 Å². The maximum atomic E-state index is 13.5. The molecule has 0 bridgehead atoms. The van der Waals surface area contributed by atoms with Gasteiger partial charge in [0.1, 0.15) is 52.3 Å². The van der Waals surface area contributed by atoms with Gasteiger partial charge in [-0.2, -0.15) is 0 Å². The minimum atomic E-state index is -0.602. The van der Waals surface area contributed by atoms with Crippen LogP contribution in [0.25, 0.3) is 33.1 Å². The number of ether oxygens (including phenoxy) is 1. The van der Waals surface area contributed by atoms with Gasteiger partial charge >= 0.3 is 5.97 Å². The summed E-state index contributed by atoms with van der Waals surface area (Å²) in [4.78, 5) is 146. The van der Waals surface area contributed by atoms with E-state index in [1.165, 1.54) is 33.7 Å². The van der Waals surface area contributed by atoms with Gasteiger partial charge in [0.05, 0.1) is 41.9 Å². The molecule has 13 rings (SSSR count). The lowest BCUT2D eigenvalue weighted by Crippen LogP contribution is -2.56. The number of nitrogens with one attached hydrogen (secondary N) is 6. The third kappa shape index (κ3) is 23.8. The van der Waals surface area contributed by atoms with Crippen molar-refractivity contribution < 1.29 is 38.3 Å². The Morgan fingerprint density at radius 2 is 0.912 bits per heavy atom. The van der Waals surface area contributed by atoms with Gasteiger partial charge in [-0.15, -0.1) is 0 Å². The summed E-state index contributed by atoms with van der Waals surface area (Å²) >= 11 is 40.0. The number of anilines is 2.